The number of hydrogen-bond donors (Lipinski definition) is 0. The number of aryl methyl sites for hydroxylation is 1. The third-order valence-corrected chi connectivity index (χ3v) is 4.41. The zero-order valence-electron chi connectivity index (χ0n) is 11.9. The van der Waals surface area contributed by atoms with Crippen LogP contribution in [0.2, 0.25) is 0 Å². The summed E-state index contributed by atoms with van der Waals surface area (Å²) in [5, 5.41) is 0. The summed E-state index contributed by atoms with van der Waals surface area (Å²) in [6.45, 7) is 3.30. The van der Waals surface area contributed by atoms with Gasteiger partial charge >= 0.3 is 12.1 Å². The summed E-state index contributed by atoms with van der Waals surface area (Å²) in [6.07, 6.45) is -4.27. The van der Waals surface area contributed by atoms with Gasteiger partial charge in [-0.3, -0.25) is 4.79 Å². The van der Waals surface area contributed by atoms with Crippen molar-refractivity contribution in [3.8, 4) is 0 Å². The summed E-state index contributed by atoms with van der Waals surface area (Å²) in [4.78, 5) is 14.9. The third kappa shape index (κ3) is 2.31. The lowest BCUT2D eigenvalue weighted by Crippen LogP contribution is -2.50. The van der Waals surface area contributed by atoms with Gasteiger partial charge in [0, 0.05) is 24.2 Å². The van der Waals surface area contributed by atoms with Crippen LogP contribution in [0.15, 0.2) is 18.2 Å². The summed E-state index contributed by atoms with van der Waals surface area (Å²) in [5.74, 6) is -1.78. The second-order valence-corrected chi connectivity index (χ2v) is 5.96. The molecule has 0 aliphatic carbocycles. The number of fused-ring (bicyclic) bond motifs is 3. The Morgan fingerprint density at radius 1 is 1.33 bits per heavy atom. The molecule has 3 nitrogen and oxygen atoms in total. The van der Waals surface area contributed by atoms with Gasteiger partial charge in [0.2, 0.25) is 0 Å². The topological polar surface area (TPSA) is 23.6 Å². The number of hydrogen-bond acceptors (Lipinski definition) is 2. The largest absolute Gasteiger partial charge is 0.471 e. The smallest absolute Gasteiger partial charge is 0.306 e. The summed E-state index contributed by atoms with van der Waals surface area (Å²) in [6, 6.07) is 4.94. The summed E-state index contributed by atoms with van der Waals surface area (Å²) >= 11 is 0. The lowest BCUT2D eigenvalue weighted by molar-refractivity contribution is -0.171. The highest BCUT2D eigenvalue weighted by Gasteiger charge is 2.51. The number of anilines is 1. The molecule has 114 valence electrons. The number of carbonyl (C=O) groups excluding carboxylic acids is 1. The average Bonchev–Trinajstić information content (AvgIpc) is 2.70. The fourth-order valence-electron chi connectivity index (χ4n) is 3.48. The van der Waals surface area contributed by atoms with Crippen LogP contribution in [-0.2, 0) is 4.79 Å². The number of piperidine rings is 1. The van der Waals surface area contributed by atoms with Crippen LogP contribution in [-0.4, -0.2) is 43.2 Å². The molecule has 0 aromatic heterocycles. The Balaban J connectivity index is 2.07. The predicted octanol–water partition coefficient (Wildman–Crippen LogP) is 2.69. The van der Waals surface area contributed by atoms with Crippen molar-refractivity contribution in [3.63, 3.8) is 0 Å². The van der Waals surface area contributed by atoms with Crippen LogP contribution < -0.4 is 4.90 Å². The van der Waals surface area contributed by atoms with E-state index in [1.807, 2.05) is 20.0 Å². The number of alkyl halides is 3. The Bertz CT molecular complexity index is 585. The molecule has 0 saturated carbocycles. The predicted molar refractivity (Wildman–Crippen MR) is 73.4 cm³/mol. The molecular formula is C15H17F3N2O. The molecule has 1 aromatic rings. The van der Waals surface area contributed by atoms with Crippen LogP contribution in [0.4, 0.5) is 18.9 Å². The van der Waals surface area contributed by atoms with Gasteiger partial charge in [-0.2, -0.15) is 13.2 Å². The number of likely N-dealkylation sites (tertiary alicyclic amines) is 1. The first-order valence-electron chi connectivity index (χ1n) is 6.98. The van der Waals surface area contributed by atoms with Crippen LogP contribution in [0.5, 0.6) is 0 Å². The molecule has 0 unspecified atom stereocenters. The summed E-state index contributed by atoms with van der Waals surface area (Å²) < 4.78 is 38.7. The highest BCUT2D eigenvalue weighted by Crippen LogP contribution is 2.46. The van der Waals surface area contributed by atoms with Crippen LogP contribution in [0.25, 0.3) is 0 Å². The van der Waals surface area contributed by atoms with Crippen molar-refractivity contribution in [3.05, 3.63) is 29.3 Å². The maximum atomic E-state index is 12.9. The van der Waals surface area contributed by atoms with Crippen LogP contribution in [0, 0.1) is 6.92 Å². The monoisotopic (exact) mass is 298 g/mol. The summed E-state index contributed by atoms with van der Waals surface area (Å²) in [7, 11) is 1.96. The van der Waals surface area contributed by atoms with Gasteiger partial charge < -0.3 is 9.80 Å². The lowest BCUT2D eigenvalue weighted by atomic mass is 9.89. The molecule has 0 bridgehead atoms. The van der Waals surface area contributed by atoms with Gasteiger partial charge in [-0.25, -0.2) is 0 Å². The van der Waals surface area contributed by atoms with E-state index in [4.69, 9.17) is 0 Å². The van der Waals surface area contributed by atoms with E-state index in [0.29, 0.717) is 25.2 Å². The lowest BCUT2D eigenvalue weighted by Gasteiger charge is -2.36. The zero-order chi connectivity index (χ0) is 15.4. The molecule has 6 heteroatoms. The molecule has 1 amide bonds. The number of carbonyl (C=O) groups is 1. The zero-order valence-corrected chi connectivity index (χ0v) is 11.9. The molecule has 21 heavy (non-hydrogen) atoms. The van der Waals surface area contributed by atoms with E-state index in [-0.39, 0.29) is 12.0 Å². The molecule has 2 atom stereocenters. The van der Waals surface area contributed by atoms with Crippen LogP contribution >= 0.6 is 0 Å². The fraction of sp³-hybridized carbons (Fsp3) is 0.533. The minimum atomic E-state index is -4.83. The van der Waals surface area contributed by atoms with Crippen molar-refractivity contribution in [1.82, 2.24) is 4.90 Å². The molecule has 0 N–H and O–H groups in total. The number of amides is 1. The van der Waals surface area contributed by atoms with E-state index in [1.54, 1.807) is 12.1 Å². The molecule has 2 heterocycles. The van der Waals surface area contributed by atoms with E-state index in [1.165, 1.54) is 0 Å². The van der Waals surface area contributed by atoms with Gasteiger partial charge in [0.05, 0.1) is 0 Å². The van der Waals surface area contributed by atoms with Crippen molar-refractivity contribution in [2.24, 2.45) is 0 Å². The molecule has 3 rings (SSSR count). The van der Waals surface area contributed by atoms with Crippen molar-refractivity contribution < 1.29 is 18.0 Å². The van der Waals surface area contributed by atoms with Crippen molar-refractivity contribution >= 4 is 11.6 Å². The maximum absolute atomic E-state index is 12.9. The Morgan fingerprint density at radius 3 is 2.71 bits per heavy atom. The molecule has 2 aliphatic rings. The second kappa shape index (κ2) is 4.73. The first kappa shape index (κ1) is 14.4. The quantitative estimate of drug-likeness (QED) is 0.735. The molecule has 2 aliphatic heterocycles. The third-order valence-electron chi connectivity index (χ3n) is 4.41. The van der Waals surface area contributed by atoms with E-state index in [0.717, 1.165) is 16.0 Å². The van der Waals surface area contributed by atoms with E-state index in [9.17, 15) is 18.0 Å². The SMILES string of the molecule is Cc1ccc2c(c1)[C@@H]1CN(C)CC[C@@H]1N2C(=O)C(F)(F)F. The molecule has 1 saturated heterocycles. The molecule has 0 spiro atoms. The molecule has 1 fully saturated rings. The van der Waals surface area contributed by atoms with Crippen molar-refractivity contribution in [2.45, 2.75) is 31.5 Å². The van der Waals surface area contributed by atoms with Gasteiger partial charge in [0.25, 0.3) is 0 Å². The molecule has 0 radical (unpaired) electrons. The standard InChI is InChI=1S/C15H17F3N2O/c1-9-3-4-12-10(7-9)11-8-19(2)6-5-13(11)20(12)14(21)15(16,17)18/h3-4,7,11,13H,5-6,8H2,1-2H3/t11-,13-/m0/s1. The Kier molecular flexibility index (Phi) is 3.24. The van der Waals surface area contributed by atoms with E-state index < -0.39 is 12.1 Å². The van der Waals surface area contributed by atoms with Crippen LogP contribution in [0.1, 0.15) is 23.5 Å². The normalized spacial score (nSPS) is 25.7. The van der Waals surface area contributed by atoms with Gasteiger partial charge in [0.1, 0.15) is 0 Å². The van der Waals surface area contributed by atoms with Gasteiger partial charge in [-0.1, -0.05) is 17.7 Å². The highest BCUT2D eigenvalue weighted by atomic mass is 19.4. The number of benzene rings is 1. The average molecular weight is 298 g/mol. The van der Waals surface area contributed by atoms with Crippen molar-refractivity contribution in [1.29, 1.82) is 0 Å². The van der Waals surface area contributed by atoms with E-state index >= 15 is 0 Å². The summed E-state index contributed by atoms with van der Waals surface area (Å²) in [5.41, 5.74) is 2.29. The maximum Gasteiger partial charge on any atom is 0.471 e. The first-order chi connectivity index (χ1) is 9.79. The Morgan fingerprint density at radius 2 is 2.05 bits per heavy atom. The number of likely N-dealkylation sites (N-methyl/N-ethyl adjacent to an activating group) is 1. The Labute approximate surface area is 121 Å². The van der Waals surface area contributed by atoms with E-state index in [2.05, 4.69) is 4.90 Å². The van der Waals surface area contributed by atoms with Gasteiger partial charge in [-0.05, 0) is 38.6 Å². The highest BCUT2D eigenvalue weighted by molar-refractivity contribution is 6.00. The van der Waals surface area contributed by atoms with Gasteiger partial charge in [0.15, 0.2) is 0 Å². The second-order valence-electron chi connectivity index (χ2n) is 5.96. The number of nitrogens with zero attached hydrogens (tertiary/aromatic N) is 2. The number of rotatable bonds is 0. The minimum absolute atomic E-state index is 0.0371. The Hall–Kier alpha value is -1.56. The first-order valence-corrected chi connectivity index (χ1v) is 6.98. The molecule has 1 aromatic carbocycles. The fourth-order valence-corrected chi connectivity index (χ4v) is 3.48. The van der Waals surface area contributed by atoms with Crippen molar-refractivity contribution in [2.75, 3.05) is 25.0 Å². The van der Waals surface area contributed by atoms with Gasteiger partial charge in [-0.15, -0.1) is 0 Å². The number of halogens is 3. The van der Waals surface area contributed by atoms with Crippen LogP contribution in [0.3, 0.4) is 0 Å². The minimum Gasteiger partial charge on any atom is -0.306 e. The molecular weight excluding hydrogens is 281 g/mol.